The van der Waals surface area contributed by atoms with E-state index >= 15 is 0 Å². The minimum absolute atomic E-state index is 0.0173. The Kier molecular flexibility index (Phi) is 7.90. The first-order valence-corrected chi connectivity index (χ1v) is 13.0. The molecule has 2 amide bonds. The van der Waals surface area contributed by atoms with Crippen molar-refractivity contribution < 1.29 is 14.3 Å². The number of fused-ring (bicyclic) bond motifs is 1. The molecule has 1 unspecified atom stereocenters. The predicted octanol–water partition coefficient (Wildman–Crippen LogP) is 4.16. The molecule has 1 saturated heterocycles. The molecule has 0 spiro atoms. The van der Waals surface area contributed by atoms with Crippen molar-refractivity contribution in [1.82, 2.24) is 14.5 Å². The van der Waals surface area contributed by atoms with E-state index in [0.717, 1.165) is 46.5 Å². The van der Waals surface area contributed by atoms with Crippen LogP contribution in [0.1, 0.15) is 29.8 Å². The number of aromatic nitrogens is 2. The molecule has 0 bridgehead atoms. The van der Waals surface area contributed by atoms with E-state index in [4.69, 9.17) is 9.72 Å². The summed E-state index contributed by atoms with van der Waals surface area (Å²) < 4.78 is 7.76. The number of anilines is 1. The van der Waals surface area contributed by atoms with Crippen LogP contribution >= 0.6 is 11.8 Å². The number of carbonyl (C=O) groups is 2. The Morgan fingerprint density at radius 3 is 2.79 bits per heavy atom. The number of ether oxygens (including phenoxy) is 1. The van der Waals surface area contributed by atoms with Gasteiger partial charge in [-0.3, -0.25) is 9.59 Å². The molecule has 2 heterocycles. The van der Waals surface area contributed by atoms with Crippen molar-refractivity contribution in [3.05, 3.63) is 59.4 Å². The molecule has 34 heavy (non-hydrogen) atoms. The summed E-state index contributed by atoms with van der Waals surface area (Å²) in [5.41, 5.74) is 4.71. The van der Waals surface area contributed by atoms with E-state index < -0.39 is 0 Å². The lowest BCUT2D eigenvalue weighted by Crippen LogP contribution is -2.43. The highest BCUT2D eigenvalue weighted by Gasteiger charge is 2.26. The number of amides is 2. The van der Waals surface area contributed by atoms with Crippen LogP contribution in [-0.4, -0.2) is 58.3 Å². The van der Waals surface area contributed by atoms with Gasteiger partial charge < -0.3 is 19.5 Å². The van der Waals surface area contributed by atoms with Crippen molar-refractivity contribution in [2.75, 3.05) is 31.3 Å². The predicted molar refractivity (Wildman–Crippen MR) is 137 cm³/mol. The molecular formula is C26H32N4O3S. The Hall–Kier alpha value is -2.84. The number of carbonyl (C=O) groups excluding carboxylic acids is 2. The zero-order chi connectivity index (χ0) is 24.1. The molecule has 3 aromatic rings. The summed E-state index contributed by atoms with van der Waals surface area (Å²) in [6.07, 6.45) is 3.86. The number of benzene rings is 2. The van der Waals surface area contributed by atoms with E-state index in [1.165, 1.54) is 0 Å². The number of nitrogens with zero attached hydrogens (tertiary/aromatic N) is 3. The molecule has 0 aliphatic carbocycles. The normalized spacial score (nSPS) is 15.6. The van der Waals surface area contributed by atoms with E-state index in [9.17, 15) is 9.59 Å². The van der Waals surface area contributed by atoms with Crippen LogP contribution in [0, 0.1) is 13.8 Å². The smallest absolute Gasteiger partial charge is 0.244 e. The van der Waals surface area contributed by atoms with Gasteiger partial charge in [0.15, 0.2) is 0 Å². The lowest BCUT2D eigenvalue weighted by molar-refractivity contribution is -0.136. The number of nitrogens with one attached hydrogen (secondary N) is 1. The number of hydrogen-bond acceptors (Lipinski definition) is 5. The van der Waals surface area contributed by atoms with Crippen molar-refractivity contribution in [2.24, 2.45) is 0 Å². The average Bonchev–Trinajstić information content (AvgIpc) is 3.45. The Morgan fingerprint density at radius 1 is 1.21 bits per heavy atom. The molecule has 7 nitrogen and oxygen atoms in total. The van der Waals surface area contributed by atoms with Crippen LogP contribution in [0.2, 0.25) is 0 Å². The van der Waals surface area contributed by atoms with Gasteiger partial charge in [0.05, 0.1) is 22.9 Å². The number of para-hydroxylation sites is 2. The summed E-state index contributed by atoms with van der Waals surface area (Å²) in [5, 5.41) is 2.99. The molecule has 1 aliphatic heterocycles. The van der Waals surface area contributed by atoms with Gasteiger partial charge in [0.1, 0.15) is 18.9 Å². The van der Waals surface area contributed by atoms with Gasteiger partial charge in [-0.05, 0) is 62.3 Å². The van der Waals surface area contributed by atoms with Crippen LogP contribution in [0.15, 0.2) is 42.5 Å². The van der Waals surface area contributed by atoms with Gasteiger partial charge in [-0.25, -0.2) is 4.98 Å². The summed E-state index contributed by atoms with van der Waals surface area (Å²) >= 11 is 1.67. The maximum Gasteiger partial charge on any atom is 0.244 e. The molecule has 1 atom stereocenters. The zero-order valence-electron chi connectivity index (χ0n) is 20.0. The maximum absolute atomic E-state index is 13.5. The molecule has 2 aromatic carbocycles. The lowest BCUT2D eigenvalue weighted by Gasteiger charge is -2.26. The second kappa shape index (κ2) is 11.1. The monoisotopic (exact) mass is 480 g/mol. The fraction of sp³-hybridized carbons (Fsp3) is 0.423. The van der Waals surface area contributed by atoms with E-state index in [1.807, 2.05) is 67.1 Å². The SMILES string of the molecule is CSCc1nc2ccccc2n1CC(=O)N(CC(=O)Nc1cccc(C)c1C)CC1CCCO1. The van der Waals surface area contributed by atoms with Crippen molar-refractivity contribution in [3.8, 4) is 0 Å². The summed E-state index contributed by atoms with van der Waals surface area (Å²) in [4.78, 5) is 32.9. The molecule has 180 valence electrons. The van der Waals surface area contributed by atoms with Gasteiger partial charge in [-0.2, -0.15) is 11.8 Å². The van der Waals surface area contributed by atoms with Crippen molar-refractivity contribution in [1.29, 1.82) is 0 Å². The minimum Gasteiger partial charge on any atom is -0.376 e. The van der Waals surface area contributed by atoms with Crippen molar-refractivity contribution >= 4 is 40.3 Å². The largest absolute Gasteiger partial charge is 0.376 e. The Bertz CT molecular complexity index is 1170. The third kappa shape index (κ3) is 5.62. The molecule has 0 radical (unpaired) electrons. The summed E-state index contributed by atoms with van der Waals surface area (Å²) in [6, 6.07) is 13.7. The quantitative estimate of drug-likeness (QED) is 0.498. The molecule has 0 saturated carbocycles. The highest BCUT2D eigenvalue weighted by molar-refractivity contribution is 7.97. The third-order valence-electron chi connectivity index (χ3n) is 6.31. The fourth-order valence-electron chi connectivity index (χ4n) is 4.31. The van der Waals surface area contributed by atoms with Gasteiger partial charge in [-0.1, -0.05) is 24.3 Å². The van der Waals surface area contributed by atoms with Gasteiger partial charge in [0.2, 0.25) is 11.8 Å². The van der Waals surface area contributed by atoms with Crippen molar-refractivity contribution in [2.45, 2.75) is 45.1 Å². The van der Waals surface area contributed by atoms with Crippen LogP contribution in [0.5, 0.6) is 0 Å². The van der Waals surface area contributed by atoms with Crippen LogP contribution in [0.25, 0.3) is 11.0 Å². The van der Waals surface area contributed by atoms with Gasteiger partial charge >= 0.3 is 0 Å². The van der Waals surface area contributed by atoms with Gasteiger partial charge in [0.25, 0.3) is 0 Å². The van der Waals surface area contributed by atoms with E-state index in [2.05, 4.69) is 5.32 Å². The molecule has 1 N–H and O–H groups in total. The number of thioether (sulfide) groups is 1. The van der Waals surface area contributed by atoms with Crippen LogP contribution in [0.3, 0.4) is 0 Å². The first-order chi connectivity index (χ1) is 16.5. The van der Waals surface area contributed by atoms with Crippen LogP contribution in [0.4, 0.5) is 5.69 Å². The van der Waals surface area contributed by atoms with Crippen LogP contribution in [-0.2, 0) is 26.6 Å². The molecular weight excluding hydrogens is 448 g/mol. The lowest BCUT2D eigenvalue weighted by atomic mass is 10.1. The molecule has 1 aliphatic rings. The number of hydrogen-bond donors (Lipinski definition) is 1. The number of rotatable bonds is 9. The first-order valence-electron chi connectivity index (χ1n) is 11.6. The van der Waals surface area contributed by atoms with Crippen LogP contribution < -0.4 is 5.32 Å². The number of imidazole rings is 1. The fourth-order valence-corrected chi connectivity index (χ4v) is 4.79. The first kappa shape index (κ1) is 24.3. The van der Waals surface area contributed by atoms with Gasteiger partial charge in [0, 0.05) is 18.8 Å². The van der Waals surface area contributed by atoms with E-state index in [-0.39, 0.29) is 31.0 Å². The van der Waals surface area contributed by atoms with Crippen molar-refractivity contribution in [3.63, 3.8) is 0 Å². The summed E-state index contributed by atoms with van der Waals surface area (Å²) in [5.74, 6) is 1.25. The Morgan fingerprint density at radius 2 is 2.03 bits per heavy atom. The highest BCUT2D eigenvalue weighted by atomic mass is 32.2. The topological polar surface area (TPSA) is 76.5 Å². The second-order valence-electron chi connectivity index (χ2n) is 8.74. The highest BCUT2D eigenvalue weighted by Crippen LogP contribution is 2.21. The van der Waals surface area contributed by atoms with Gasteiger partial charge in [-0.15, -0.1) is 0 Å². The minimum atomic E-state index is -0.208. The zero-order valence-corrected chi connectivity index (χ0v) is 20.9. The molecule has 4 rings (SSSR count). The Labute approximate surface area is 204 Å². The molecule has 8 heteroatoms. The second-order valence-corrected chi connectivity index (χ2v) is 9.61. The third-order valence-corrected chi connectivity index (χ3v) is 6.86. The van der Waals surface area contributed by atoms with E-state index in [0.29, 0.717) is 18.9 Å². The summed E-state index contributed by atoms with van der Waals surface area (Å²) in [6.45, 7) is 5.23. The maximum atomic E-state index is 13.5. The molecule has 1 fully saturated rings. The molecule has 1 aromatic heterocycles. The standard InChI is InChI=1S/C26H32N4O3S/c1-18-8-6-11-21(19(18)2)28-25(31)15-29(14-20-9-7-13-33-20)26(32)16-30-23-12-5-4-10-22(23)27-24(30)17-34-3/h4-6,8,10-12,20H,7,9,13-17H2,1-3H3,(H,28,31). The number of aryl methyl sites for hydroxylation is 1. The average molecular weight is 481 g/mol. The summed E-state index contributed by atoms with van der Waals surface area (Å²) in [7, 11) is 0. The Balaban J connectivity index is 1.54. The van der Waals surface area contributed by atoms with E-state index in [1.54, 1.807) is 16.7 Å².